The maximum absolute atomic E-state index is 13.6. The summed E-state index contributed by atoms with van der Waals surface area (Å²) >= 11 is 1.33. The van der Waals surface area contributed by atoms with Gasteiger partial charge in [0, 0.05) is 11.4 Å². The Kier molecular flexibility index (Phi) is 8.99. The van der Waals surface area contributed by atoms with Crippen molar-refractivity contribution in [3.8, 4) is 0 Å². The predicted molar refractivity (Wildman–Crippen MR) is 126 cm³/mol. The van der Waals surface area contributed by atoms with E-state index in [2.05, 4.69) is 5.32 Å². The summed E-state index contributed by atoms with van der Waals surface area (Å²) in [4.78, 5) is 39.7. The molecule has 0 saturated heterocycles. The lowest BCUT2D eigenvalue weighted by atomic mass is 9.98. The lowest BCUT2D eigenvalue weighted by Gasteiger charge is -2.36. The first-order chi connectivity index (χ1) is 15.9. The van der Waals surface area contributed by atoms with E-state index in [1.54, 1.807) is 0 Å². The minimum absolute atomic E-state index is 0.288. The van der Waals surface area contributed by atoms with Gasteiger partial charge < -0.3 is 20.8 Å². The van der Waals surface area contributed by atoms with Crippen LogP contribution < -0.4 is 11.1 Å². The highest BCUT2D eigenvalue weighted by molar-refractivity contribution is 7.10. The van der Waals surface area contributed by atoms with Crippen molar-refractivity contribution in [2.75, 3.05) is 13.1 Å². The molecule has 2 aromatic rings. The van der Waals surface area contributed by atoms with Gasteiger partial charge in [-0.25, -0.2) is 4.79 Å². The maximum Gasteiger partial charge on any atom is 0.331 e. The van der Waals surface area contributed by atoms with Crippen molar-refractivity contribution in [1.82, 2.24) is 10.2 Å². The summed E-state index contributed by atoms with van der Waals surface area (Å²) in [6, 6.07) is 8.71. The highest BCUT2D eigenvalue weighted by Gasteiger charge is 2.40. The second kappa shape index (κ2) is 11.9. The van der Waals surface area contributed by atoms with Crippen LogP contribution in [0.5, 0.6) is 0 Å². The van der Waals surface area contributed by atoms with Crippen molar-refractivity contribution in [2.45, 2.75) is 56.7 Å². The van der Waals surface area contributed by atoms with Crippen molar-refractivity contribution >= 4 is 29.2 Å². The van der Waals surface area contributed by atoms with Gasteiger partial charge in [-0.1, -0.05) is 36.8 Å². The standard InChI is InChI=1S/C24H31N3O5S/c25-13-5-4-8-18(26-19(23(29)30)10-9-16-6-2-1-3-7-16)22(28)27-14-11-17-12-15-33-21(17)20(27)24(31)32/h1-3,6-7,12,15,18-20,26H,4-5,8-11,13-14,25H2,(H,29,30)(H,31,32)/t18-,19-,20?/m0/s1. The van der Waals surface area contributed by atoms with Gasteiger partial charge in [0.1, 0.15) is 6.04 Å². The second-order valence-corrected chi connectivity index (χ2v) is 9.20. The average molecular weight is 474 g/mol. The number of carbonyl (C=O) groups excluding carboxylic acids is 1. The summed E-state index contributed by atoms with van der Waals surface area (Å²) in [7, 11) is 0. The zero-order valence-corrected chi connectivity index (χ0v) is 19.3. The van der Waals surface area contributed by atoms with E-state index >= 15 is 0 Å². The number of nitrogens with zero attached hydrogens (tertiary/aromatic N) is 1. The quantitative estimate of drug-likeness (QED) is 0.348. The zero-order valence-electron chi connectivity index (χ0n) is 18.5. The summed E-state index contributed by atoms with van der Waals surface area (Å²) in [6.45, 7) is 0.758. The van der Waals surface area contributed by atoms with Crippen molar-refractivity contribution in [3.63, 3.8) is 0 Å². The molecule has 1 amide bonds. The lowest BCUT2D eigenvalue weighted by molar-refractivity contribution is -0.152. The van der Waals surface area contributed by atoms with Crippen LogP contribution in [0.4, 0.5) is 0 Å². The molecule has 1 unspecified atom stereocenters. The van der Waals surface area contributed by atoms with Crippen molar-refractivity contribution in [2.24, 2.45) is 5.73 Å². The summed E-state index contributed by atoms with van der Waals surface area (Å²) in [5.74, 6) is -2.48. The molecule has 3 rings (SSSR count). The largest absolute Gasteiger partial charge is 0.480 e. The van der Waals surface area contributed by atoms with E-state index in [9.17, 15) is 24.6 Å². The van der Waals surface area contributed by atoms with Crippen LogP contribution in [0.25, 0.3) is 0 Å². The summed E-state index contributed by atoms with van der Waals surface area (Å²) in [6.07, 6.45) is 3.18. The predicted octanol–water partition coefficient (Wildman–Crippen LogP) is 2.43. The highest BCUT2D eigenvalue weighted by Crippen LogP contribution is 2.34. The molecule has 0 spiro atoms. The lowest BCUT2D eigenvalue weighted by Crippen LogP contribution is -2.55. The van der Waals surface area contributed by atoms with Gasteiger partial charge in [-0.05, 0) is 61.2 Å². The molecular formula is C24H31N3O5S. The van der Waals surface area contributed by atoms with E-state index in [1.807, 2.05) is 41.8 Å². The maximum atomic E-state index is 13.6. The molecule has 0 fully saturated rings. The SMILES string of the molecule is NCCCC[C@H](N[C@@H](CCc1ccccc1)C(=O)O)C(=O)N1CCc2ccsc2C1C(=O)O. The number of thiophene rings is 1. The van der Waals surface area contributed by atoms with Gasteiger partial charge in [0.05, 0.1) is 6.04 Å². The first-order valence-electron chi connectivity index (χ1n) is 11.2. The van der Waals surface area contributed by atoms with Gasteiger partial charge in [0.25, 0.3) is 0 Å². The average Bonchev–Trinajstić information content (AvgIpc) is 3.28. The van der Waals surface area contributed by atoms with Gasteiger partial charge in [0.2, 0.25) is 5.91 Å². The van der Waals surface area contributed by atoms with Gasteiger partial charge in [-0.15, -0.1) is 11.3 Å². The molecule has 1 aromatic heterocycles. The van der Waals surface area contributed by atoms with E-state index < -0.39 is 30.1 Å². The van der Waals surface area contributed by atoms with E-state index in [0.717, 1.165) is 11.1 Å². The molecule has 0 aliphatic carbocycles. The Morgan fingerprint density at radius 2 is 1.85 bits per heavy atom. The number of hydrogen-bond donors (Lipinski definition) is 4. The summed E-state index contributed by atoms with van der Waals surface area (Å²) in [5, 5.41) is 24.6. The van der Waals surface area contributed by atoms with E-state index in [-0.39, 0.29) is 12.5 Å². The number of rotatable bonds is 12. The minimum Gasteiger partial charge on any atom is -0.480 e. The third-order valence-electron chi connectivity index (χ3n) is 5.99. The Morgan fingerprint density at radius 3 is 2.52 bits per heavy atom. The number of nitrogens with one attached hydrogen (secondary N) is 1. The minimum atomic E-state index is -1.08. The number of amides is 1. The number of hydrogen-bond acceptors (Lipinski definition) is 6. The molecule has 1 aromatic carbocycles. The fourth-order valence-corrected chi connectivity index (χ4v) is 5.29. The Hall–Kier alpha value is -2.75. The molecule has 0 saturated carbocycles. The fraction of sp³-hybridized carbons (Fsp3) is 0.458. The van der Waals surface area contributed by atoms with Crippen molar-refractivity contribution in [3.05, 3.63) is 57.8 Å². The van der Waals surface area contributed by atoms with Crippen molar-refractivity contribution in [1.29, 1.82) is 0 Å². The van der Waals surface area contributed by atoms with Crippen LogP contribution in [-0.4, -0.2) is 58.1 Å². The first-order valence-corrected chi connectivity index (χ1v) is 12.1. The van der Waals surface area contributed by atoms with Crippen LogP contribution in [-0.2, 0) is 27.2 Å². The van der Waals surface area contributed by atoms with Crippen LogP contribution in [0.3, 0.4) is 0 Å². The van der Waals surface area contributed by atoms with Gasteiger partial charge in [0.15, 0.2) is 6.04 Å². The Morgan fingerprint density at radius 1 is 1.09 bits per heavy atom. The topological polar surface area (TPSA) is 133 Å². The number of carbonyl (C=O) groups is 3. The van der Waals surface area contributed by atoms with E-state index in [0.29, 0.717) is 49.9 Å². The monoisotopic (exact) mass is 473 g/mol. The van der Waals surface area contributed by atoms with Gasteiger partial charge >= 0.3 is 11.9 Å². The number of aryl methyl sites for hydroxylation is 1. The number of benzene rings is 1. The molecule has 178 valence electrons. The number of carboxylic acid groups (broad SMARTS) is 2. The second-order valence-electron chi connectivity index (χ2n) is 8.25. The number of nitrogens with two attached hydrogens (primary N) is 1. The Balaban J connectivity index is 1.77. The Bertz CT molecular complexity index is 949. The third kappa shape index (κ3) is 6.40. The molecular weight excluding hydrogens is 442 g/mol. The summed E-state index contributed by atoms with van der Waals surface area (Å²) < 4.78 is 0. The normalized spacial score (nSPS) is 17.2. The molecule has 1 aliphatic rings. The van der Waals surface area contributed by atoms with E-state index in [1.165, 1.54) is 16.2 Å². The molecule has 0 bridgehead atoms. The number of unbranched alkanes of at least 4 members (excludes halogenated alkanes) is 1. The highest BCUT2D eigenvalue weighted by atomic mass is 32.1. The number of fused-ring (bicyclic) bond motifs is 1. The Labute approximate surface area is 197 Å². The zero-order chi connectivity index (χ0) is 23.8. The number of aliphatic carboxylic acids is 2. The molecule has 2 heterocycles. The van der Waals surface area contributed by atoms with Crippen LogP contribution >= 0.6 is 11.3 Å². The van der Waals surface area contributed by atoms with Gasteiger partial charge in [-0.3, -0.25) is 14.9 Å². The molecule has 0 radical (unpaired) electrons. The molecule has 1 aliphatic heterocycles. The van der Waals surface area contributed by atoms with Gasteiger partial charge in [-0.2, -0.15) is 0 Å². The molecule has 9 heteroatoms. The molecule has 3 atom stereocenters. The van der Waals surface area contributed by atoms with Crippen LogP contribution in [0.15, 0.2) is 41.8 Å². The fourth-order valence-electron chi connectivity index (χ4n) is 4.24. The van der Waals surface area contributed by atoms with Crippen molar-refractivity contribution < 1.29 is 24.6 Å². The number of carboxylic acids is 2. The smallest absolute Gasteiger partial charge is 0.331 e. The van der Waals surface area contributed by atoms with E-state index in [4.69, 9.17) is 5.73 Å². The molecule has 8 nitrogen and oxygen atoms in total. The first kappa shape index (κ1) is 24.9. The van der Waals surface area contributed by atoms with Crippen LogP contribution in [0.2, 0.25) is 0 Å². The van der Waals surface area contributed by atoms with Crippen LogP contribution in [0, 0.1) is 0 Å². The van der Waals surface area contributed by atoms with Crippen LogP contribution in [0.1, 0.15) is 47.7 Å². The molecule has 33 heavy (non-hydrogen) atoms. The molecule has 5 N–H and O–H groups in total. The third-order valence-corrected chi connectivity index (χ3v) is 7.00. The summed E-state index contributed by atoms with van der Waals surface area (Å²) in [5.41, 5.74) is 7.58.